The Hall–Kier alpha value is -7.43. The van der Waals surface area contributed by atoms with Gasteiger partial charge in [-0.05, 0) is 48.5 Å². The molecule has 52 heavy (non-hydrogen) atoms. The van der Waals surface area contributed by atoms with Gasteiger partial charge in [-0.2, -0.15) is 5.26 Å². The first-order valence-corrected chi connectivity index (χ1v) is 17.1. The molecule has 0 fully saturated rings. The number of nitriles is 1. The summed E-state index contributed by atoms with van der Waals surface area (Å²) in [6.45, 7) is 0. The lowest BCUT2D eigenvalue weighted by atomic mass is 10.0. The number of rotatable bonds is 5. The number of nitrogens with zero attached hydrogens (tertiary/aromatic N) is 7. The van der Waals surface area contributed by atoms with Gasteiger partial charge in [-0.3, -0.25) is 4.57 Å². The molecule has 242 valence electrons. The molecular formula is C45H27N7. The monoisotopic (exact) mass is 665 g/mol. The quantitative estimate of drug-likeness (QED) is 0.183. The van der Waals surface area contributed by atoms with Crippen molar-refractivity contribution in [3.8, 4) is 51.6 Å². The van der Waals surface area contributed by atoms with Gasteiger partial charge < -0.3 is 4.57 Å². The Morgan fingerprint density at radius 1 is 0.481 bits per heavy atom. The normalized spacial score (nSPS) is 11.4. The SMILES string of the molecule is N#Cc1cccc(-n2c3ncccc3c3ccc4c(c5ccccc5n4-c4ccccc4)c32)c1-c1nc(-c2ccccc2)nc(-c2ccccc2)n1. The fraction of sp³-hybridized carbons (Fsp3) is 0. The molecule has 4 aromatic heterocycles. The van der Waals surface area contributed by atoms with E-state index in [0.29, 0.717) is 28.6 Å². The predicted octanol–water partition coefficient (Wildman–Crippen LogP) is 10.3. The van der Waals surface area contributed by atoms with Crippen molar-refractivity contribution >= 4 is 43.7 Å². The average Bonchev–Trinajstić information content (AvgIpc) is 3.74. The van der Waals surface area contributed by atoms with Gasteiger partial charge in [-0.1, -0.05) is 109 Å². The van der Waals surface area contributed by atoms with Crippen molar-refractivity contribution in [2.24, 2.45) is 0 Å². The van der Waals surface area contributed by atoms with Crippen molar-refractivity contribution in [3.63, 3.8) is 0 Å². The summed E-state index contributed by atoms with van der Waals surface area (Å²) in [5.41, 5.74) is 8.54. The molecule has 0 spiro atoms. The Kier molecular flexibility index (Phi) is 6.73. The zero-order valence-corrected chi connectivity index (χ0v) is 27.7. The zero-order valence-electron chi connectivity index (χ0n) is 27.7. The minimum atomic E-state index is 0.407. The van der Waals surface area contributed by atoms with Crippen LogP contribution >= 0.6 is 0 Å². The lowest BCUT2D eigenvalue weighted by Crippen LogP contribution is -2.05. The van der Waals surface area contributed by atoms with Crippen LogP contribution in [0.2, 0.25) is 0 Å². The number of hydrogen-bond donors (Lipinski definition) is 0. The van der Waals surface area contributed by atoms with Gasteiger partial charge in [-0.15, -0.1) is 0 Å². The van der Waals surface area contributed by atoms with E-state index in [-0.39, 0.29) is 0 Å². The summed E-state index contributed by atoms with van der Waals surface area (Å²) in [5, 5.41) is 15.0. The second-order valence-electron chi connectivity index (χ2n) is 12.6. The Morgan fingerprint density at radius 2 is 1.12 bits per heavy atom. The van der Waals surface area contributed by atoms with E-state index in [1.807, 2.05) is 97.2 Å². The van der Waals surface area contributed by atoms with Crippen LogP contribution in [-0.2, 0) is 0 Å². The number of para-hydroxylation sites is 2. The minimum Gasteiger partial charge on any atom is -0.309 e. The molecule has 0 bridgehead atoms. The number of aromatic nitrogens is 6. The van der Waals surface area contributed by atoms with Crippen molar-refractivity contribution in [1.29, 1.82) is 5.26 Å². The molecule has 7 nitrogen and oxygen atoms in total. The lowest BCUT2D eigenvalue weighted by Gasteiger charge is -2.16. The zero-order chi connectivity index (χ0) is 34.6. The van der Waals surface area contributed by atoms with Gasteiger partial charge >= 0.3 is 0 Å². The highest BCUT2D eigenvalue weighted by molar-refractivity contribution is 6.26. The van der Waals surface area contributed by atoms with Crippen LogP contribution < -0.4 is 0 Å². The van der Waals surface area contributed by atoms with Gasteiger partial charge in [0.15, 0.2) is 17.5 Å². The molecule has 0 atom stereocenters. The first-order valence-electron chi connectivity index (χ1n) is 17.1. The largest absolute Gasteiger partial charge is 0.309 e. The maximum atomic E-state index is 10.7. The van der Waals surface area contributed by atoms with Gasteiger partial charge in [0, 0.05) is 44.6 Å². The third kappa shape index (κ3) is 4.52. The molecule has 0 saturated heterocycles. The maximum Gasteiger partial charge on any atom is 0.167 e. The second-order valence-corrected chi connectivity index (χ2v) is 12.6. The van der Waals surface area contributed by atoms with Gasteiger partial charge in [0.2, 0.25) is 0 Å². The van der Waals surface area contributed by atoms with Crippen LogP contribution in [0.4, 0.5) is 0 Å². The fourth-order valence-corrected chi connectivity index (χ4v) is 7.45. The fourth-order valence-electron chi connectivity index (χ4n) is 7.45. The standard InChI is InChI=1S/C45H27N7/c46-28-31-18-12-24-37(39(31)44-49-42(29-14-4-1-5-15-29)48-43(50-44)30-16-6-2-7-17-30)52-41-33(34-22-13-27-47-45(34)52)25-26-38-40(41)35-21-10-11-23-36(35)51(38)32-19-8-3-9-20-32/h1-27H. The van der Waals surface area contributed by atoms with Crippen molar-refractivity contribution < 1.29 is 0 Å². The van der Waals surface area contributed by atoms with Crippen LogP contribution in [0.1, 0.15) is 5.56 Å². The van der Waals surface area contributed by atoms with Gasteiger partial charge in [0.05, 0.1) is 39.4 Å². The van der Waals surface area contributed by atoms with E-state index >= 15 is 0 Å². The molecule has 0 saturated carbocycles. The Balaban J connectivity index is 1.35. The summed E-state index contributed by atoms with van der Waals surface area (Å²) in [4.78, 5) is 20.1. The van der Waals surface area contributed by atoms with Gasteiger partial charge in [0.1, 0.15) is 5.65 Å². The van der Waals surface area contributed by atoms with Crippen LogP contribution in [0.25, 0.3) is 89.3 Å². The molecule has 0 aliphatic heterocycles. The summed E-state index contributed by atoms with van der Waals surface area (Å²) in [7, 11) is 0. The van der Waals surface area contributed by atoms with Crippen molar-refractivity contribution in [2.45, 2.75) is 0 Å². The molecule has 4 heterocycles. The van der Waals surface area contributed by atoms with Crippen LogP contribution in [0, 0.1) is 11.3 Å². The molecule has 0 N–H and O–H groups in total. The first kappa shape index (κ1) is 29.5. The van der Waals surface area contributed by atoms with Crippen LogP contribution in [-0.4, -0.2) is 29.1 Å². The van der Waals surface area contributed by atoms with Crippen molar-refractivity contribution in [3.05, 3.63) is 169 Å². The highest BCUT2D eigenvalue weighted by atomic mass is 15.1. The number of hydrogen-bond acceptors (Lipinski definition) is 5. The minimum absolute atomic E-state index is 0.407. The molecule has 0 radical (unpaired) electrons. The first-order chi connectivity index (χ1) is 25.8. The third-order valence-corrected chi connectivity index (χ3v) is 9.66. The number of pyridine rings is 1. The van der Waals surface area contributed by atoms with Crippen LogP contribution in [0.5, 0.6) is 0 Å². The molecular weight excluding hydrogens is 639 g/mol. The topological polar surface area (TPSA) is 85.2 Å². The third-order valence-electron chi connectivity index (χ3n) is 9.66. The molecule has 0 aliphatic carbocycles. The van der Waals surface area contributed by atoms with Crippen molar-refractivity contribution in [1.82, 2.24) is 29.1 Å². The highest BCUT2D eigenvalue weighted by Gasteiger charge is 2.25. The summed E-state index contributed by atoms with van der Waals surface area (Å²) < 4.78 is 4.51. The summed E-state index contributed by atoms with van der Waals surface area (Å²) in [6, 6.07) is 55.5. The molecule has 0 unspecified atom stereocenters. The Morgan fingerprint density at radius 3 is 1.83 bits per heavy atom. The average molecular weight is 666 g/mol. The predicted molar refractivity (Wildman–Crippen MR) is 207 cm³/mol. The molecule has 6 aromatic carbocycles. The lowest BCUT2D eigenvalue weighted by molar-refractivity contribution is 1.06. The Labute approximate surface area is 298 Å². The van der Waals surface area contributed by atoms with Gasteiger partial charge in [-0.25, -0.2) is 19.9 Å². The summed E-state index contributed by atoms with van der Waals surface area (Å²) >= 11 is 0. The summed E-state index contributed by atoms with van der Waals surface area (Å²) in [5.74, 6) is 1.46. The maximum absolute atomic E-state index is 10.7. The Bertz CT molecular complexity index is 2950. The van der Waals surface area contributed by atoms with E-state index in [1.165, 1.54) is 0 Å². The molecule has 7 heteroatoms. The molecule has 0 amide bonds. The summed E-state index contributed by atoms with van der Waals surface area (Å²) in [6.07, 6.45) is 1.82. The molecule has 10 aromatic rings. The van der Waals surface area contributed by atoms with E-state index in [0.717, 1.165) is 66.2 Å². The van der Waals surface area contributed by atoms with E-state index in [1.54, 1.807) is 0 Å². The number of benzene rings is 6. The van der Waals surface area contributed by atoms with Crippen LogP contribution in [0.15, 0.2) is 164 Å². The van der Waals surface area contributed by atoms with Crippen LogP contribution in [0.3, 0.4) is 0 Å². The highest BCUT2D eigenvalue weighted by Crippen LogP contribution is 2.43. The van der Waals surface area contributed by atoms with Gasteiger partial charge in [0.25, 0.3) is 0 Å². The van der Waals surface area contributed by atoms with E-state index in [9.17, 15) is 5.26 Å². The van der Waals surface area contributed by atoms with Crippen molar-refractivity contribution in [2.75, 3.05) is 0 Å². The molecule has 10 rings (SSSR count). The molecule has 0 aliphatic rings. The van der Waals surface area contributed by atoms with E-state index in [2.05, 4.69) is 81.9 Å². The smallest absolute Gasteiger partial charge is 0.167 e. The van der Waals surface area contributed by atoms with E-state index < -0.39 is 0 Å². The van der Waals surface area contributed by atoms with E-state index in [4.69, 9.17) is 19.9 Å². The number of fused-ring (bicyclic) bond motifs is 7. The second kappa shape index (κ2) is 11.9.